The highest BCUT2D eigenvalue weighted by molar-refractivity contribution is 9.10. The van der Waals surface area contributed by atoms with Crippen LogP contribution in [0.3, 0.4) is 0 Å². The minimum absolute atomic E-state index is 0.790. The average molecular weight is 403 g/mol. The zero-order valence-corrected chi connectivity index (χ0v) is 14.4. The van der Waals surface area contributed by atoms with Crippen LogP contribution in [0, 0.1) is 0 Å². The molecule has 3 aromatic rings. The highest BCUT2D eigenvalue weighted by Gasteiger charge is 2.10. The third-order valence-electron chi connectivity index (χ3n) is 3.38. The SMILES string of the molecule is Nc1cccc(-c2ccc(Br)cc2)c1-c1ccc(Br)cc1. The summed E-state index contributed by atoms with van der Waals surface area (Å²) in [6, 6.07) is 22.6. The number of halogens is 2. The Morgan fingerprint density at radius 1 is 0.619 bits per heavy atom. The van der Waals surface area contributed by atoms with Crippen LogP contribution in [0.2, 0.25) is 0 Å². The van der Waals surface area contributed by atoms with Crippen molar-refractivity contribution in [3.05, 3.63) is 75.7 Å². The Balaban J connectivity index is 2.20. The number of hydrogen-bond acceptors (Lipinski definition) is 1. The molecule has 0 saturated heterocycles. The second-order valence-electron chi connectivity index (χ2n) is 4.78. The first-order chi connectivity index (χ1) is 10.1. The van der Waals surface area contributed by atoms with E-state index in [9.17, 15) is 0 Å². The van der Waals surface area contributed by atoms with Crippen molar-refractivity contribution in [1.29, 1.82) is 0 Å². The van der Waals surface area contributed by atoms with Gasteiger partial charge in [0.25, 0.3) is 0 Å². The summed E-state index contributed by atoms with van der Waals surface area (Å²) in [5.74, 6) is 0. The molecule has 0 bridgehead atoms. The van der Waals surface area contributed by atoms with E-state index in [1.54, 1.807) is 0 Å². The summed E-state index contributed by atoms with van der Waals surface area (Å²) < 4.78 is 2.13. The Kier molecular flexibility index (Phi) is 4.13. The number of anilines is 1. The van der Waals surface area contributed by atoms with Crippen molar-refractivity contribution in [2.45, 2.75) is 0 Å². The van der Waals surface area contributed by atoms with Crippen LogP contribution in [-0.4, -0.2) is 0 Å². The molecule has 0 aromatic heterocycles. The summed E-state index contributed by atoms with van der Waals surface area (Å²) in [5.41, 5.74) is 11.5. The van der Waals surface area contributed by atoms with Crippen molar-refractivity contribution < 1.29 is 0 Å². The van der Waals surface area contributed by atoms with Crippen LogP contribution in [-0.2, 0) is 0 Å². The zero-order chi connectivity index (χ0) is 14.8. The van der Waals surface area contributed by atoms with E-state index in [4.69, 9.17) is 5.73 Å². The quantitative estimate of drug-likeness (QED) is 0.512. The second kappa shape index (κ2) is 6.04. The number of nitrogens with two attached hydrogens (primary N) is 1. The molecule has 0 heterocycles. The van der Waals surface area contributed by atoms with Crippen LogP contribution in [0.25, 0.3) is 22.3 Å². The van der Waals surface area contributed by atoms with Gasteiger partial charge in [-0.2, -0.15) is 0 Å². The van der Waals surface area contributed by atoms with Crippen LogP contribution >= 0.6 is 31.9 Å². The third kappa shape index (κ3) is 3.04. The first-order valence-corrected chi connectivity index (χ1v) is 8.14. The van der Waals surface area contributed by atoms with Crippen LogP contribution < -0.4 is 5.73 Å². The molecule has 0 fully saturated rings. The summed E-state index contributed by atoms with van der Waals surface area (Å²) in [6.07, 6.45) is 0. The highest BCUT2D eigenvalue weighted by atomic mass is 79.9. The first-order valence-electron chi connectivity index (χ1n) is 6.55. The fraction of sp³-hybridized carbons (Fsp3) is 0. The first kappa shape index (κ1) is 14.4. The number of hydrogen-bond donors (Lipinski definition) is 1. The van der Waals surface area contributed by atoms with Crippen molar-refractivity contribution in [3.63, 3.8) is 0 Å². The Morgan fingerprint density at radius 3 is 1.71 bits per heavy atom. The maximum Gasteiger partial charge on any atom is 0.0400 e. The number of rotatable bonds is 2. The molecule has 0 aliphatic heterocycles. The Labute approximate surface area is 141 Å². The van der Waals surface area contributed by atoms with Crippen LogP contribution in [0.1, 0.15) is 0 Å². The molecule has 21 heavy (non-hydrogen) atoms. The Hall–Kier alpha value is -1.58. The standard InChI is InChI=1S/C18H13Br2N/c19-14-8-4-12(5-9-14)16-2-1-3-17(21)18(16)13-6-10-15(20)11-7-13/h1-11H,21H2. The van der Waals surface area contributed by atoms with Crippen molar-refractivity contribution in [3.8, 4) is 22.3 Å². The minimum Gasteiger partial charge on any atom is -0.398 e. The topological polar surface area (TPSA) is 26.0 Å². The molecule has 3 heteroatoms. The van der Waals surface area contributed by atoms with Gasteiger partial charge in [-0.15, -0.1) is 0 Å². The molecular formula is C18H13Br2N. The van der Waals surface area contributed by atoms with E-state index >= 15 is 0 Å². The zero-order valence-electron chi connectivity index (χ0n) is 11.2. The van der Waals surface area contributed by atoms with Gasteiger partial charge < -0.3 is 5.73 Å². The molecule has 0 spiro atoms. The molecule has 104 valence electrons. The number of benzene rings is 3. The van der Waals surface area contributed by atoms with Crippen molar-refractivity contribution in [2.75, 3.05) is 5.73 Å². The summed E-state index contributed by atoms with van der Waals surface area (Å²) in [5, 5.41) is 0. The van der Waals surface area contributed by atoms with Crippen LogP contribution in [0.4, 0.5) is 5.69 Å². The summed E-state index contributed by atoms with van der Waals surface area (Å²) in [4.78, 5) is 0. The van der Waals surface area contributed by atoms with Crippen molar-refractivity contribution >= 4 is 37.5 Å². The molecule has 0 unspecified atom stereocenters. The van der Waals surface area contributed by atoms with Gasteiger partial charge in [0.2, 0.25) is 0 Å². The number of nitrogen functional groups attached to an aromatic ring is 1. The monoisotopic (exact) mass is 401 g/mol. The lowest BCUT2D eigenvalue weighted by Gasteiger charge is -2.13. The third-order valence-corrected chi connectivity index (χ3v) is 4.44. The van der Waals surface area contributed by atoms with Crippen LogP contribution in [0.5, 0.6) is 0 Å². The van der Waals surface area contributed by atoms with Gasteiger partial charge >= 0.3 is 0 Å². The largest absolute Gasteiger partial charge is 0.398 e. The second-order valence-corrected chi connectivity index (χ2v) is 6.61. The highest BCUT2D eigenvalue weighted by Crippen LogP contribution is 2.37. The van der Waals surface area contributed by atoms with E-state index in [0.717, 1.165) is 36.9 Å². The van der Waals surface area contributed by atoms with Gasteiger partial charge in [0, 0.05) is 20.2 Å². The summed E-state index contributed by atoms with van der Waals surface area (Å²) in [6.45, 7) is 0. The van der Waals surface area contributed by atoms with Gasteiger partial charge in [-0.25, -0.2) is 0 Å². The smallest absolute Gasteiger partial charge is 0.0400 e. The molecule has 3 rings (SSSR count). The minimum atomic E-state index is 0.790. The lowest BCUT2D eigenvalue weighted by Crippen LogP contribution is -1.93. The fourth-order valence-corrected chi connectivity index (χ4v) is 2.91. The molecule has 0 aliphatic carbocycles. The Morgan fingerprint density at radius 2 is 1.14 bits per heavy atom. The van der Waals surface area contributed by atoms with Gasteiger partial charge in [-0.1, -0.05) is 68.3 Å². The lowest BCUT2D eigenvalue weighted by molar-refractivity contribution is 1.55. The molecule has 0 amide bonds. The Bertz CT molecular complexity index is 762. The fourth-order valence-electron chi connectivity index (χ4n) is 2.38. The maximum absolute atomic E-state index is 6.24. The lowest BCUT2D eigenvalue weighted by atomic mass is 9.93. The van der Waals surface area contributed by atoms with Crippen molar-refractivity contribution in [1.82, 2.24) is 0 Å². The van der Waals surface area contributed by atoms with E-state index in [2.05, 4.69) is 62.2 Å². The molecule has 3 aromatic carbocycles. The van der Waals surface area contributed by atoms with E-state index in [1.165, 1.54) is 0 Å². The molecule has 0 saturated carbocycles. The summed E-state index contributed by atoms with van der Waals surface area (Å²) >= 11 is 6.95. The molecular weight excluding hydrogens is 390 g/mol. The van der Waals surface area contributed by atoms with E-state index in [1.807, 2.05) is 36.4 Å². The van der Waals surface area contributed by atoms with E-state index < -0.39 is 0 Å². The molecule has 2 N–H and O–H groups in total. The molecule has 0 radical (unpaired) electrons. The average Bonchev–Trinajstić information content (AvgIpc) is 2.49. The van der Waals surface area contributed by atoms with Crippen LogP contribution in [0.15, 0.2) is 75.7 Å². The van der Waals surface area contributed by atoms with Gasteiger partial charge in [-0.05, 0) is 47.0 Å². The van der Waals surface area contributed by atoms with Gasteiger partial charge in [0.05, 0.1) is 0 Å². The molecule has 0 atom stereocenters. The summed E-state index contributed by atoms with van der Waals surface area (Å²) in [7, 11) is 0. The van der Waals surface area contributed by atoms with Gasteiger partial charge in [0.15, 0.2) is 0 Å². The van der Waals surface area contributed by atoms with E-state index in [-0.39, 0.29) is 0 Å². The normalized spacial score (nSPS) is 10.6. The van der Waals surface area contributed by atoms with Gasteiger partial charge in [-0.3, -0.25) is 0 Å². The molecule has 0 aliphatic rings. The predicted octanol–water partition coefficient (Wildman–Crippen LogP) is 6.13. The predicted molar refractivity (Wildman–Crippen MR) is 97.1 cm³/mol. The van der Waals surface area contributed by atoms with E-state index in [0.29, 0.717) is 0 Å². The van der Waals surface area contributed by atoms with Gasteiger partial charge in [0.1, 0.15) is 0 Å². The van der Waals surface area contributed by atoms with Crippen molar-refractivity contribution in [2.24, 2.45) is 0 Å². The molecule has 1 nitrogen and oxygen atoms in total. The maximum atomic E-state index is 6.24.